The molecule has 1 amide bonds. The average molecular weight is 391 g/mol. The van der Waals surface area contributed by atoms with Crippen molar-refractivity contribution in [3.05, 3.63) is 17.5 Å². The molecule has 0 aromatic carbocycles. The van der Waals surface area contributed by atoms with E-state index in [4.69, 9.17) is 9.26 Å². The predicted octanol–water partition coefficient (Wildman–Crippen LogP) is 6.74. The second kappa shape index (κ2) is 9.80. The van der Waals surface area contributed by atoms with Crippen molar-refractivity contribution in [1.82, 2.24) is 10.1 Å². The molecule has 5 heteroatoms. The zero-order chi connectivity index (χ0) is 20.0. The number of rotatable bonds is 2. The van der Waals surface area contributed by atoms with Crippen LogP contribution in [0.5, 0.6) is 0 Å². The molecule has 3 rings (SSSR count). The van der Waals surface area contributed by atoms with E-state index in [0.29, 0.717) is 5.92 Å². The van der Waals surface area contributed by atoms with Crippen LogP contribution in [0.4, 0.5) is 4.79 Å². The Kier molecular flexibility index (Phi) is 7.42. The second-order valence-electron chi connectivity index (χ2n) is 9.59. The fourth-order valence-corrected chi connectivity index (χ4v) is 4.54. The van der Waals surface area contributed by atoms with Crippen LogP contribution in [0.15, 0.2) is 10.6 Å². The van der Waals surface area contributed by atoms with Gasteiger partial charge in [0.15, 0.2) is 5.76 Å². The molecule has 1 saturated carbocycles. The first kappa shape index (κ1) is 21.2. The molecule has 5 nitrogen and oxygen atoms in total. The van der Waals surface area contributed by atoms with E-state index in [2.05, 4.69) is 11.2 Å². The molecule has 1 aliphatic carbocycles. The Morgan fingerprint density at radius 3 is 2.21 bits per heavy atom. The lowest BCUT2D eigenvalue weighted by atomic mass is 9.92. The van der Waals surface area contributed by atoms with E-state index in [-0.39, 0.29) is 12.1 Å². The number of carbonyl (C=O) groups is 1. The third kappa shape index (κ3) is 5.99. The van der Waals surface area contributed by atoms with Gasteiger partial charge in [0.25, 0.3) is 0 Å². The molecular formula is C23H38N2O3. The molecule has 158 valence electrons. The lowest BCUT2D eigenvalue weighted by molar-refractivity contribution is 0.0204. The minimum Gasteiger partial charge on any atom is -0.444 e. The van der Waals surface area contributed by atoms with Crippen LogP contribution in [-0.2, 0) is 4.74 Å². The largest absolute Gasteiger partial charge is 0.444 e. The quantitative estimate of drug-likeness (QED) is 0.561. The van der Waals surface area contributed by atoms with Crippen LogP contribution in [0.1, 0.15) is 121 Å². The van der Waals surface area contributed by atoms with Crippen molar-refractivity contribution in [3.8, 4) is 0 Å². The monoisotopic (exact) mass is 390 g/mol. The molecule has 28 heavy (non-hydrogen) atoms. The number of hydrogen-bond acceptors (Lipinski definition) is 4. The van der Waals surface area contributed by atoms with E-state index in [1.54, 1.807) is 0 Å². The summed E-state index contributed by atoms with van der Waals surface area (Å²) in [6.45, 7) is 6.44. The number of amides is 1. The molecule has 0 unspecified atom stereocenters. The van der Waals surface area contributed by atoms with Crippen molar-refractivity contribution in [3.63, 3.8) is 0 Å². The molecule has 2 fully saturated rings. The van der Waals surface area contributed by atoms with E-state index in [9.17, 15) is 4.79 Å². The summed E-state index contributed by atoms with van der Waals surface area (Å²) < 4.78 is 11.4. The maximum absolute atomic E-state index is 12.6. The lowest BCUT2D eigenvalue weighted by Crippen LogP contribution is -2.36. The summed E-state index contributed by atoms with van der Waals surface area (Å²) >= 11 is 0. The van der Waals surface area contributed by atoms with Crippen molar-refractivity contribution in [2.45, 2.75) is 115 Å². The van der Waals surface area contributed by atoms with E-state index >= 15 is 0 Å². The molecule has 0 radical (unpaired) electrons. The maximum atomic E-state index is 12.6. The van der Waals surface area contributed by atoms with E-state index in [1.807, 2.05) is 25.7 Å². The van der Waals surface area contributed by atoms with Gasteiger partial charge >= 0.3 is 6.09 Å². The third-order valence-corrected chi connectivity index (χ3v) is 6.03. The van der Waals surface area contributed by atoms with Crippen molar-refractivity contribution in [2.24, 2.45) is 0 Å². The summed E-state index contributed by atoms with van der Waals surface area (Å²) in [7, 11) is 0. The van der Waals surface area contributed by atoms with Gasteiger partial charge in [-0.1, -0.05) is 56.5 Å². The summed E-state index contributed by atoms with van der Waals surface area (Å²) in [6, 6.07) is 2.08. The van der Waals surface area contributed by atoms with E-state index in [1.165, 1.54) is 64.2 Å². The van der Waals surface area contributed by atoms with Crippen LogP contribution in [0.25, 0.3) is 0 Å². The van der Waals surface area contributed by atoms with Gasteiger partial charge in [-0.15, -0.1) is 0 Å². The fraction of sp³-hybridized carbons (Fsp3) is 0.826. The molecule has 1 aliphatic heterocycles. The minimum absolute atomic E-state index is 0.0427. The van der Waals surface area contributed by atoms with Crippen LogP contribution in [0.3, 0.4) is 0 Å². The molecule has 1 atom stereocenters. The standard InChI is InChI=1S/C23H38N2O3/c1-23(2,3)27-22(26)25-16-12-15-20(25)21-17-19(24-28-21)18-13-10-8-6-4-5-7-9-11-14-18/h17-18,20H,4-16H2,1-3H3/t20-/m0/s1. The van der Waals surface area contributed by atoms with Crippen LogP contribution in [-0.4, -0.2) is 28.3 Å². The topological polar surface area (TPSA) is 55.6 Å². The summed E-state index contributed by atoms with van der Waals surface area (Å²) in [6.07, 6.45) is 14.8. The van der Waals surface area contributed by atoms with Gasteiger partial charge in [0.2, 0.25) is 0 Å². The Hall–Kier alpha value is -1.52. The van der Waals surface area contributed by atoms with Crippen molar-refractivity contribution < 1.29 is 14.1 Å². The summed E-state index contributed by atoms with van der Waals surface area (Å²) in [4.78, 5) is 14.4. The van der Waals surface area contributed by atoms with E-state index in [0.717, 1.165) is 30.8 Å². The number of ether oxygens (including phenoxy) is 1. The van der Waals surface area contributed by atoms with Crippen molar-refractivity contribution >= 4 is 6.09 Å². The van der Waals surface area contributed by atoms with Crippen LogP contribution in [0.2, 0.25) is 0 Å². The molecule has 0 spiro atoms. The first-order chi connectivity index (χ1) is 13.4. The molecule has 0 N–H and O–H groups in total. The van der Waals surface area contributed by atoms with Gasteiger partial charge < -0.3 is 9.26 Å². The summed E-state index contributed by atoms with van der Waals surface area (Å²) in [5, 5.41) is 4.45. The van der Waals surface area contributed by atoms with Crippen molar-refractivity contribution in [1.29, 1.82) is 0 Å². The summed E-state index contributed by atoms with van der Waals surface area (Å²) in [5.74, 6) is 1.32. The van der Waals surface area contributed by atoms with Gasteiger partial charge in [-0.3, -0.25) is 4.90 Å². The highest BCUT2D eigenvalue weighted by molar-refractivity contribution is 5.69. The highest BCUT2D eigenvalue weighted by Gasteiger charge is 2.35. The Labute approximate surface area is 170 Å². The molecular weight excluding hydrogens is 352 g/mol. The van der Waals surface area contributed by atoms with Crippen LogP contribution < -0.4 is 0 Å². The molecule has 1 aromatic heterocycles. The highest BCUT2D eigenvalue weighted by atomic mass is 16.6. The average Bonchev–Trinajstić information content (AvgIpc) is 3.27. The van der Waals surface area contributed by atoms with Crippen LogP contribution in [0, 0.1) is 0 Å². The van der Waals surface area contributed by atoms with Gasteiger partial charge in [-0.2, -0.15) is 0 Å². The predicted molar refractivity (Wildman–Crippen MR) is 110 cm³/mol. The lowest BCUT2D eigenvalue weighted by Gasteiger charge is -2.27. The van der Waals surface area contributed by atoms with Crippen LogP contribution >= 0.6 is 0 Å². The smallest absolute Gasteiger partial charge is 0.410 e. The molecule has 0 bridgehead atoms. The first-order valence-electron chi connectivity index (χ1n) is 11.4. The number of hydrogen-bond donors (Lipinski definition) is 0. The highest BCUT2D eigenvalue weighted by Crippen LogP contribution is 2.36. The third-order valence-electron chi connectivity index (χ3n) is 6.03. The van der Waals surface area contributed by atoms with Gasteiger partial charge in [0.1, 0.15) is 5.60 Å². The first-order valence-corrected chi connectivity index (χ1v) is 11.4. The normalized spacial score (nSPS) is 23.4. The Balaban J connectivity index is 1.66. The van der Waals surface area contributed by atoms with E-state index < -0.39 is 5.60 Å². The number of nitrogens with zero attached hydrogens (tertiary/aromatic N) is 2. The Morgan fingerprint density at radius 1 is 1.00 bits per heavy atom. The molecule has 1 saturated heterocycles. The second-order valence-corrected chi connectivity index (χ2v) is 9.59. The zero-order valence-electron chi connectivity index (χ0n) is 18.0. The van der Waals surface area contributed by atoms with Gasteiger partial charge in [-0.05, 0) is 46.5 Å². The Morgan fingerprint density at radius 2 is 1.61 bits per heavy atom. The Bertz CT molecular complexity index is 608. The maximum Gasteiger partial charge on any atom is 0.410 e. The van der Waals surface area contributed by atoms with Gasteiger partial charge in [-0.25, -0.2) is 4.79 Å². The van der Waals surface area contributed by atoms with Gasteiger partial charge in [0, 0.05) is 18.5 Å². The van der Waals surface area contributed by atoms with Crippen molar-refractivity contribution in [2.75, 3.05) is 6.54 Å². The summed E-state index contributed by atoms with van der Waals surface area (Å²) in [5.41, 5.74) is 0.608. The zero-order valence-corrected chi connectivity index (χ0v) is 18.0. The molecule has 1 aromatic rings. The minimum atomic E-state index is -0.481. The number of carbonyl (C=O) groups excluding carboxylic acids is 1. The fourth-order valence-electron chi connectivity index (χ4n) is 4.54. The van der Waals surface area contributed by atoms with Gasteiger partial charge in [0.05, 0.1) is 11.7 Å². The molecule has 2 heterocycles. The SMILES string of the molecule is CC(C)(C)OC(=O)N1CCC[C@H]1c1cc(C2CCCCCCCCCC2)no1. The molecule has 2 aliphatic rings. The number of aromatic nitrogens is 1. The number of likely N-dealkylation sites (tertiary alicyclic amines) is 1.